The summed E-state index contributed by atoms with van der Waals surface area (Å²) in [5.74, 6) is 0.585. The molecular formula is C20H18ClN3O2S. The summed E-state index contributed by atoms with van der Waals surface area (Å²) in [5, 5.41) is 12.1. The SMILES string of the molecule is O=C(CSc1nnc(-c2cccc(Cl)c2)o1)N[C@@H]1CCCc2ccccc21. The smallest absolute Gasteiger partial charge is 0.277 e. The first kappa shape index (κ1) is 18.1. The van der Waals surface area contributed by atoms with Crippen LogP contribution >= 0.6 is 23.4 Å². The first-order valence-corrected chi connectivity index (χ1v) is 10.1. The maximum atomic E-state index is 12.4. The number of amides is 1. The van der Waals surface area contributed by atoms with E-state index in [1.54, 1.807) is 12.1 Å². The van der Waals surface area contributed by atoms with E-state index in [1.807, 2.05) is 24.3 Å². The van der Waals surface area contributed by atoms with Crippen LogP contribution in [0.25, 0.3) is 11.5 Å². The molecule has 2 aromatic carbocycles. The lowest BCUT2D eigenvalue weighted by Gasteiger charge is -2.26. The Kier molecular flexibility index (Phi) is 5.45. The minimum Gasteiger partial charge on any atom is -0.411 e. The zero-order valence-electron chi connectivity index (χ0n) is 14.5. The summed E-state index contributed by atoms with van der Waals surface area (Å²) in [7, 11) is 0. The average molecular weight is 400 g/mol. The van der Waals surface area contributed by atoms with Crippen LogP contribution in [0.5, 0.6) is 0 Å². The van der Waals surface area contributed by atoms with Crippen LogP contribution in [0.4, 0.5) is 0 Å². The van der Waals surface area contributed by atoms with Crippen molar-refractivity contribution in [3.05, 3.63) is 64.7 Å². The summed E-state index contributed by atoms with van der Waals surface area (Å²) in [6, 6.07) is 15.6. The molecule has 1 aliphatic rings. The van der Waals surface area contributed by atoms with Gasteiger partial charge in [0, 0.05) is 10.6 Å². The molecule has 27 heavy (non-hydrogen) atoms. The molecule has 0 spiro atoms. The highest BCUT2D eigenvalue weighted by molar-refractivity contribution is 7.99. The zero-order valence-corrected chi connectivity index (χ0v) is 16.1. The lowest BCUT2D eigenvalue weighted by atomic mass is 9.88. The van der Waals surface area contributed by atoms with Gasteiger partial charge in [-0.1, -0.05) is 53.7 Å². The Morgan fingerprint density at radius 1 is 1.22 bits per heavy atom. The summed E-state index contributed by atoms with van der Waals surface area (Å²) in [4.78, 5) is 12.4. The number of aromatic nitrogens is 2. The minimum absolute atomic E-state index is 0.0378. The van der Waals surface area contributed by atoms with E-state index in [-0.39, 0.29) is 17.7 Å². The number of hydrogen-bond acceptors (Lipinski definition) is 5. The third-order valence-corrected chi connectivity index (χ3v) is 5.56. The molecule has 4 rings (SSSR count). The molecule has 1 amide bonds. The molecule has 0 unspecified atom stereocenters. The third kappa shape index (κ3) is 4.34. The van der Waals surface area contributed by atoms with E-state index in [0.717, 1.165) is 24.8 Å². The van der Waals surface area contributed by atoms with E-state index in [9.17, 15) is 4.79 Å². The van der Waals surface area contributed by atoms with Crippen molar-refractivity contribution < 1.29 is 9.21 Å². The molecule has 1 N–H and O–H groups in total. The van der Waals surface area contributed by atoms with Gasteiger partial charge in [-0.15, -0.1) is 10.2 Å². The van der Waals surface area contributed by atoms with Crippen LogP contribution in [0.2, 0.25) is 5.02 Å². The monoisotopic (exact) mass is 399 g/mol. The molecule has 0 bridgehead atoms. The second kappa shape index (κ2) is 8.15. The van der Waals surface area contributed by atoms with E-state index in [0.29, 0.717) is 16.1 Å². The Morgan fingerprint density at radius 3 is 3.00 bits per heavy atom. The van der Waals surface area contributed by atoms with Crippen molar-refractivity contribution in [3.8, 4) is 11.5 Å². The number of carbonyl (C=O) groups excluding carboxylic acids is 1. The Hall–Kier alpha value is -2.31. The fourth-order valence-corrected chi connectivity index (χ4v) is 4.04. The summed E-state index contributed by atoms with van der Waals surface area (Å²) in [5.41, 5.74) is 3.30. The van der Waals surface area contributed by atoms with E-state index < -0.39 is 0 Å². The number of nitrogens with one attached hydrogen (secondary N) is 1. The van der Waals surface area contributed by atoms with E-state index >= 15 is 0 Å². The maximum Gasteiger partial charge on any atom is 0.277 e. The molecule has 3 aromatic rings. The Labute approximate surface area is 166 Å². The largest absolute Gasteiger partial charge is 0.411 e. The van der Waals surface area contributed by atoms with Gasteiger partial charge in [-0.3, -0.25) is 4.79 Å². The van der Waals surface area contributed by atoms with E-state index in [1.165, 1.54) is 22.9 Å². The van der Waals surface area contributed by atoms with Crippen molar-refractivity contribution in [2.75, 3.05) is 5.75 Å². The zero-order chi connectivity index (χ0) is 18.6. The van der Waals surface area contributed by atoms with Crippen LogP contribution in [0.15, 0.2) is 58.2 Å². The number of thioether (sulfide) groups is 1. The molecule has 7 heteroatoms. The van der Waals surface area contributed by atoms with Crippen LogP contribution < -0.4 is 5.32 Å². The first-order valence-electron chi connectivity index (χ1n) is 8.78. The number of rotatable bonds is 5. The molecular weight excluding hydrogens is 382 g/mol. The molecule has 0 saturated heterocycles. The van der Waals surface area contributed by atoms with Crippen LogP contribution in [0.1, 0.15) is 30.0 Å². The highest BCUT2D eigenvalue weighted by Gasteiger charge is 2.21. The molecule has 5 nitrogen and oxygen atoms in total. The number of benzene rings is 2. The van der Waals surface area contributed by atoms with Crippen LogP contribution in [-0.2, 0) is 11.2 Å². The molecule has 0 aliphatic heterocycles. The standard InChI is InChI=1S/C20H18ClN3O2S/c21-15-8-3-7-14(11-15)19-23-24-20(26-19)27-12-18(25)22-17-10-4-6-13-5-1-2-9-16(13)17/h1-3,5,7-9,11,17H,4,6,10,12H2,(H,22,25)/t17-/m1/s1. The summed E-state index contributed by atoms with van der Waals surface area (Å²) in [6.45, 7) is 0. The van der Waals surface area contributed by atoms with Crippen LogP contribution in [-0.4, -0.2) is 21.9 Å². The van der Waals surface area contributed by atoms with Crippen LogP contribution in [0.3, 0.4) is 0 Å². The van der Waals surface area contributed by atoms with Crippen molar-refractivity contribution in [2.24, 2.45) is 0 Å². The summed E-state index contributed by atoms with van der Waals surface area (Å²) < 4.78 is 5.62. The first-order chi connectivity index (χ1) is 13.2. The lowest BCUT2D eigenvalue weighted by Crippen LogP contribution is -2.32. The molecule has 0 fully saturated rings. The highest BCUT2D eigenvalue weighted by atomic mass is 35.5. The molecule has 1 heterocycles. The van der Waals surface area contributed by atoms with Gasteiger partial charge < -0.3 is 9.73 Å². The number of nitrogens with zero attached hydrogens (tertiary/aromatic N) is 2. The van der Waals surface area contributed by atoms with Gasteiger partial charge in [-0.25, -0.2) is 0 Å². The van der Waals surface area contributed by atoms with Crippen molar-refractivity contribution in [1.29, 1.82) is 0 Å². The summed E-state index contributed by atoms with van der Waals surface area (Å²) in [6.07, 6.45) is 3.13. The molecule has 1 aromatic heterocycles. The van der Waals surface area contributed by atoms with Gasteiger partial charge in [0.05, 0.1) is 11.8 Å². The normalized spacial score (nSPS) is 16.0. The second-order valence-corrected chi connectivity index (χ2v) is 7.75. The van der Waals surface area contributed by atoms with Crippen molar-refractivity contribution in [2.45, 2.75) is 30.5 Å². The predicted molar refractivity (Wildman–Crippen MR) is 106 cm³/mol. The van der Waals surface area contributed by atoms with Crippen molar-refractivity contribution in [1.82, 2.24) is 15.5 Å². The Balaban J connectivity index is 1.35. The molecule has 0 radical (unpaired) electrons. The fraction of sp³-hybridized carbons (Fsp3) is 0.250. The third-order valence-electron chi connectivity index (χ3n) is 4.51. The van der Waals surface area contributed by atoms with Gasteiger partial charge >= 0.3 is 0 Å². The number of carbonyl (C=O) groups is 1. The predicted octanol–water partition coefficient (Wildman–Crippen LogP) is 4.68. The van der Waals surface area contributed by atoms with E-state index in [4.69, 9.17) is 16.0 Å². The lowest BCUT2D eigenvalue weighted by molar-refractivity contribution is -0.119. The van der Waals surface area contributed by atoms with Gasteiger partial charge in [-0.2, -0.15) is 0 Å². The molecule has 0 saturated carbocycles. The van der Waals surface area contributed by atoms with Crippen molar-refractivity contribution >= 4 is 29.3 Å². The second-order valence-electron chi connectivity index (χ2n) is 6.38. The minimum atomic E-state index is -0.0378. The molecule has 1 aliphatic carbocycles. The molecule has 1 atom stereocenters. The van der Waals surface area contributed by atoms with Gasteiger partial charge in [0.2, 0.25) is 11.8 Å². The van der Waals surface area contributed by atoms with Gasteiger partial charge in [0.15, 0.2) is 0 Å². The average Bonchev–Trinajstić information content (AvgIpc) is 3.16. The van der Waals surface area contributed by atoms with Gasteiger partial charge in [0.1, 0.15) is 0 Å². The maximum absolute atomic E-state index is 12.4. The number of hydrogen-bond donors (Lipinski definition) is 1. The van der Waals surface area contributed by atoms with E-state index in [2.05, 4.69) is 27.6 Å². The van der Waals surface area contributed by atoms with Gasteiger partial charge in [-0.05, 0) is 48.6 Å². The Morgan fingerprint density at radius 2 is 2.11 bits per heavy atom. The fourth-order valence-electron chi connectivity index (χ4n) is 3.27. The highest BCUT2D eigenvalue weighted by Crippen LogP contribution is 2.30. The number of fused-ring (bicyclic) bond motifs is 1. The summed E-state index contributed by atoms with van der Waals surface area (Å²) >= 11 is 7.22. The topological polar surface area (TPSA) is 68.0 Å². The molecule has 138 valence electrons. The van der Waals surface area contributed by atoms with Crippen molar-refractivity contribution in [3.63, 3.8) is 0 Å². The number of aryl methyl sites for hydroxylation is 1. The van der Waals surface area contributed by atoms with Gasteiger partial charge in [0.25, 0.3) is 5.22 Å². The number of halogens is 1. The quantitative estimate of drug-likeness (QED) is 0.631. The van der Waals surface area contributed by atoms with Crippen LogP contribution in [0, 0.1) is 0 Å². The Bertz CT molecular complexity index is 960.